The summed E-state index contributed by atoms with van der Waals surface area (Å²) in [4.78, 5) is 11.5. The van der Waals surface area contributed by atoms with Crippen molar-refractivity contribution in [1.82, 2.24) is 5.32 Å². The molecule has 0 spiro atoms. The molecule has 0 aliphatic rings. The zero-order chi connectivity index (χ0) is 11.8. The lowest BCUT2D eigenvalue weighted by Crippen LogP contribution is -2.37. The minimum absolute atomic E-state index is 0.00819. The van der Waals surface area contributed by atoms with Gasteiger partial charge in [0.1, 0.15) is 0 Å². The van der Waals surface area contributed by atoms with Gasteiger partial charge in [0.15, 0.2) is 0 Å². The molecule has 0 heterocycles. The van der Waals surface area contributed by atoms with E-state index in [1.807, 2.05) is 26.8 Å². The molecule has 0 fully saturated rings. The summed E-state index contributed by atoms with van der Waals surface area (Å²) >= 11 is 0. The van der Waals surface area contributed by atoms with E-state index in [4.69, 9.17) is 0 Å². The normalized spacial score (nSPS) is 13.5. The van der Waals surface area contributed by atoms with Crippen LogP contribution in [0.15, 0.2) is 37.0 Å². The van der Waals surface area contributed by atoms with Crippen LogP contribution in [-0.2, 0) is 4.79 Å². The molecule has 84 valence electrons. The van der Waals surface area contributed by atoms with Crippen molar-refractivity contribution in [3.05, 3.63) is 37.0 Å². The van der Waals surface area contributed by atoms with Crippen molar-refractivity contribution in [2.24, 2.45) is 5.92 Å². The molecule has 0 bridgehead atoms. The SMILES string of the molecule is C=C/C=C(\C=C)C(CC)NC(=O)C(C)C. The topological polar surface area (TPSA) is 29.1 Å². The quantitative estimate of drug-likeness (QED) is 0.667. The smallest absolute Gasteiger partial charge is 0.223 e. The van der Waals surface area contributed by atoms with Crippen molar-refractivity contribution < 1.29 is 4.79 Å². The lowest BCUT2D eigenvalue weighted by molar-refractivity contribution is -0.124. The third kappa shape index (κ3) is 4.63. The van der Waals surface area contributed by atoms with Gasteiger partial charge in [-0.2, -0.15) is 0 Å². The van der Waals surface area contributed by atoms with E-state index >= 15 is 0 Å². The molecule has 0 aromatic rings. The molecule has 0 aliphatic carbocycles. The van der Waals surface area contributed by atoms with E-state index in [0.717, 1.165) is 12.0 Å². The second kappa shape index (κ2) is 7.04. The molecule has 0 saturated heterocycles. The summed E-state index contributed by atoms with van der Waals surface area (Å²) in [6, 6.07) is 0.0374. The molecule has 2 nitrogen and oxygen atoms in total. The van der Waals surface area contributed by atoms with Crippen LogP contribution in [0, 0.1) is 5.92 Å². The number of carbonyl (C=O) groups is 1. The molecule has 1 N–H and O–H groups in total. The van der Waals surface area contributed by atoms with Crippen LogP contribution in [0.25, 0.3) is 0 Å². The first-order valence-electron chi connectivity index (χ1n) is 5.32. The van der Waals surface area contributed by atoms with E-state index in [9.17, 15) is 4.79 Å². The minimum atomic E-state index is 0.00819. The van der Waals surface area contributed by atoms with Crippen molar-refractivity contribution in [1.29, 1.82) is 0 Å². The molecule has 0 saturated carbocycles. The van der Waals surface area contributed by atoms with Crippen LogP contribution in [0.4, 0.5) is 0 Å². The molecule has 0 aromatic heterocycles. The van der Waals surface area contributed by atoms with E-state index in [1.54, 1.807) is 12.2 Å². The van der Waals surface area contributed by atoms with Crippen molar-refractivity contribution in [3.8, 4) is 0 Å². The van der Waals surface area contributed by atoms with Gasteiger partial charge in [-0.3, -0.25) is 4.79 Å². The van der Waals surface area contributed by atoms with Crippen LogP contribution in [0.2, 0.25) is 0 Å². The first kappa shape index (κ1) is 13.7. The highest BCUT2D eigenvalue weighted by molar-refractivity contribution is 5.78. The third-order valence-corrected chi connectivity index (χ3v) is 2.20. The van der Waals surface area contributed by atoms with Gasteiger partial charge in [0.05, 0.1) is 6.04 Å². The Morgan fingerprint density at radius 1 is 1.40 bits per heavy atom. The molecule has 1 atom stereocenters. The largest absolute Gasteiger partial charge is 0.349 e. The monoisotopic (exact) mass is 207 g/mol. The molecule has 0 aromatic carbocycles. The van der Waals surface area contributed by atoms with Gasteiger partial charge in [-0.1, -0.05) is 52.2 Å². The molecular weight excluding hydrogens is 186 g/mol. The maximum absolute atomic E-state index is 11.5. The predicted octanol–water partition coefficient (Wildman–Crippen LogP) is 2.84. The number of allylic oxidation sites excluding steroid dienone is 2. The first-order chi connectivity index (χ1) is 7.06. The van der Waals surface area contributed by atoms with Gasteiger partial charge in [-0.25, -0.2) is 0 Å². The van der Waals surface area contributed by atoms with Gasteiger partial charge in [0, 0.05) is 5.92 Å². The van der Waals surface area contributed by atoms with E-state index < -0.39 is 0 Å². The zero-order valence-corrected chi connectivity index (χ0v) is 9.92. The molecule has 1 unspecified atom stereocenters. The Balaban J connectivity index is 4.61. The summed E-state index contributed by atoms with van der Waals surface area (Å²) in [6.07, 6.45) is 6.20. The average Bonchev–Trinajstić information content (AvgIpc) is 2.22. The summed E-state index contributed by atoms with van der Waals surface area (Å²) in [7, 11) is 0. The van der Waals surface area contributed by atoms with Crippen molar-refractivity contribution in [3.63, 3.8) is 0 Å². The van der Waals surface area contributed by atoms with Crippen molar-refractivity contribution >= 4 is 5.91 Å². The Morgan fingerprint density at radius 2 is 2.00 bits per heavy atom. The van der Waals surface area contributed by atoms with Crippen LogP contribution in [0.5, 0.6) is 0 Å². The Hall–Kier alpha value is -1.31. The maximum Gasteiger partial charge on any atom is 0.223 e. The number of rotatable bonds is 6. The second-order valence-corrected chi connectivity index (χ2v) is 3.73. The van der Waals surface area contributed by atoms with Crippen LogP contribution >= 0.6 is 0 Å². The van der Waals surface area contributed by atoms with Gasteiger partial charge in [0.25, 0.3) is 0 Å². The molecule has 0 radical (unpaired) electrons. The van der Waals surface area contributed by atoms with Gasteiger partial charge < -0.3 is 5.32 Å². The molecular formula is C13H21NO. The molecule has 15 heavy (non-hydrogen) atoms. The summed E-state index contributed by atoms with van der Waals surface area (Å²) in [5, 5.41) is 2.98. The van der Waals surface area contributed by atoms with E-state index in [0.29, 0.717) is 0 Å². The molecule has 1 amide bonds. The van der Waals surface area contributed by atoms with Crippen molar-refractivity contribution in [2.45, 2.75) is 33.2 Å². The number of amides is 1. The molecule has 0 rings (SSSR count). The Kier molecular flexibility index (Phi) is 6.43. The Bertz CT molecular complexity index is 264. The number of hydrogen-bond donors (Lipinski definition) is 1. The Morgan fingerprint density at radius 3 is 2.33 bits per heavy atom. The van der Waals surface area contributed by atoms with Crippen LogP contribution in [-0.4, -0.2) is 11.9 Å². The third-order valence-electron chi connectivity index (χ3n) is 2.20. The fourth-order valence-corrected chi connectivity index (χ4v) is 1.22. The maximum atomic E-state index is 11.5. The highest BCUT2D eigenvalue weighted by Crippen LogP contribution is 2.09. The van der Waals surface area contributed by atoms with Crippen LogP contribution in [0.1, 0.15) is 27.2 Å². The number of nitrogens with one attached hydrogen (secondary N) is 1. The van der Waals surface area contributed by atoms with Gasteiger partial charge in [-0.15, -0.1) is 0 Å². The summed E-state index contributed by atoms with van der Waals surface area (Å²) in [6.45, 7) is 13.2. The lowest BCUT2D eigenvalue weighted by Gasteiger charge is -2.19. The van der Waals surface area contributed by atoms with Gasteiger partial charge >= 0.3 is 0 Å². The predicted molar refractivity (Wildman–Crippen MR) is 65.5 cm³/mol. The fraction of sp³-hybridized carbons (Fsp3) is 0.462. The van der Waals surface area contributed by atoms with E-state index in [1.165, 1.54) is 0 Å². The fourth-order valence-electron chi connectivity index (χ4n) is 1.22. The van der Waals surface area contributed by atoms with E-state index in [-0.39, 0.29) is 17.9 Å². The molecule has 2 heteroatoms. The second-order valence-electron chi connectivity index (χ2n) is 3.73. The zero-order valence-electron chi connectivity index (χ0n) is 9.92. The van der Waals surface area contributed by atoms with Crippen LogP contribution in [0.3, 0.4) is 0 Å². The first-order valence-corrected chi connectivity index (χ1v) is 5.32. The highest BCUT2D eigenvalue weighted by atomic mass is 16.1. The summed E-state index contributed by atoms with van der Waals surface area (Å²) in [5.41, 5.74) is 1.00. The number of hydrogen-bond acceptors (Lipinski definition) is 1. The lowest BCUT2D eigenvalue weighted by atomic mass is 10.0. The molecule has 0 aliphatic heterocycles. The number of carbonyl (C=O) groups excluding carboxylic acids is 1. The minimum Gasteiger partial charge on any atom is -0.349 e. The van der Waals surface area contributed by atoms with Crippen molar-refractivity contribution in [2.75, 3.05) is 0 Å². The van der Waals surface area contributed by atoms with E-state index in [2.05, 4.69) is 18.5 Å². The summed E-state index contributed by atoms with van der Waals surface area (Å²) < 4.78 is 0. The Labute approximate surface area is 92.8 Å². The summed E-state index contributed by atoms with van der Waals surface area (Å²) in [5.74, 6) is 0.0764. The standard InChI is InChI=1S/C13H21NO/c1-6-9-11(7-2)12(8-3)14-13(15)10(4)5/h6-7,9-10,12H,1-2,8H2,3-5H3,(H,14,15)/b11-9+. The van der Waals surface area contributed by atoms with Crippen LogP contribution < -0.4 is 5.32 Å². The average molecular weight is 207 g/mol. The highest BCUT2D eigenvalue weighted by Gasteiger charge is 2.14. The van der Waals surface area contributed by atoms with Gasteiger partial charge in [-0.05, 0) is 12.0 Å². The van der Waals surface area contributed by atoms with Gasteiger partial charge in [0.2, 0.25) is 5.91 Å².